The summed E-state index contributed by atoms with van der Waals surface area (Å²) in [6.07, 6.45) is 6.75. The Balaban J connectivity index is 1.42. The van der Waals surface area contributed by atoms with Crippen LogP contribution in [0.15, 0.2) is 30.6 Å². The Bertz CT molecular complexity index is 714. The van der Waals surface area contributed by atoms with Gasteiger partial charge in [-0.15, -0.1) is 5.10 Å². The quantitative estimate of drug-likeness (QED) is 0.839. The Labute approximate surface area is 147 Å². The summed E-state index contributed by atoms with van der Waals surface area (Å²) in [5.41, 5.74) is 1.93. The third-order valence-corrected chi connectivity index (χ3v) is 5.55. The third kappa shape index (κ3) is 3.28. The molecule has 3 heterocycles. The molecule has 0 aliphatic carbocycles. The fraction of sp³-hybridized carbons (Fsp3) is 0.556. The first-order valence-corrected chi connectivity index (χ1v) is 9.04. The molecule has 4 rings (SSSR count). The van der Waals surface area contributed by atoms with E-state index in [9.17, 15) is 4.79 Å². The highest BCUT2D eigenvalue weighted by atomic mass is 16.2. The maximum Gasteiger partial charge on any atom is 0.227 e. The summed E-state index contributed by atoms with van der Waals surface area (Å²) < 4.78 is 1.61. The van der Waals surface area contributed by atoms with Gasteiger partial charge in [0.15, 0.2) is 0 Å². The number of likely N-dealkylation sites (tertiary alicyclic amines) is 2. The molecule has 2 atom stereocenters. The van der Waals surface area contributed by atoms with E-state index in [1.165, 1.54) is 12.8 Å². The van der Waals surface area contributed by atoms with Gasteiger partial charge >= 0.3 is 0 Å². The number of nitrogens with zero attached hydrogens (tertiary/aromatic N) is 6. The molecule has 132 valence electrons. The lowest BCUT2D eigenvalue weighted by molar-refractivity contribution is -0.132. The summed E-state index contributed by atoms with van der Waals surface area (Å²) in [6, 6.07) is 8.80. The van der Waals surface area contributed by atoms with E-state index < -0.39 is 0 Å². The third-order valence-electron chi connectivity index (χ3n) is 5.55. The summed E-state index contributed by atoms with van der Waals surface area (Å²) in [6.45, 7) is 2.05. The summed E-state index contributed by atoms with van der Waals surface area (Å²) in [5, 5.41) is 11.2. The minimum absolute atomic E-state index is 0.248. The van der Waals surface area contributed by atoms with Crippen molar-refractivity contribution in [1.82, 2.24) is 30.0 Å². The monoisotopic (exact) mass is 340 g/mol. The number of benzene rings is 1. The molecule has 0 bridgehead atoms. The maximum absolute atomic E-state index is 12.9. The van der Waals surface area contributed by atoms with Crippen molar-refractivity contribution < 1.29 is 4.79 Å². The van der Waals surface area contributed by atoms with E-state index in [4.69, 9.17) is 0 Å². The van der Waals surface area contributed by atoms with Crippen molar-refractivity contribution in [3.63, 3.8) is 0 Å². The van der Waals surface area contributed by atoms with Crippen LogP contribution < -0.4 is 0 Å². The predicted molar refractivity (Wildman–Crippen MR) is 93.2 cm³/mol. The Morgan fingerprint density at radius 1 is 1.12 bits per heavy atom. The lowest BCUT2D eigenvalue weighted by Crippen LogP contribution is -2.47. The van der Waals surface area contributed by atoms with Gasteiger partial charge in [-0.2, -0.15) is 0 Å². The van der Waals surface area contributed by atoms with Crippen molar-refractivity contribution in [2.45, 2.75) is 44.2 Å². The van der Waals surface area contributed by atoms with E-state index in [1.807, 2.05) is 24.3 Å². The van der Waals surface area contributed by atoms with Gasteiger partial charge in [-0.25, -0.2) is 4.68 Å². The van der Waals surface area contributed by atoms with Gasteiger partial charge < -0.3 is 9.80 Å². The first kappa shape index (κ1) is 16.2. The molecular formula is C18H24N6O. The summed E-state index contributed by atoms with van der Waals surface area (Å²) in [7, 11) is 2.19. The van der Waals surface area contributed by atoms with E-state index >= 15 is 0 Å². The first-order chi connectivity index (χ1) is 12.2. The lowest BCUT2D eigenvalue weighted by atomic mass is 10.0. The van der Waals surface area contributed by atoms with Crippen molar-refractivity contribution >= 4 is 5.91 Å². The topological polar surface area (TPSA) is 67.2 Å². The van der Waals surface area contributed by atoms with E-state index in [0.717, 1.165) is 37.2 Å². The summed E-state index contributed by atoms with van der Waals surface area (Å²) in [5.74, 6) is 0.248. The van der Waals surface area contributed by atoms with Gasteiger partial charge in [0.05, 0.1) is 12.1 Å². The van der Waals surface area contributed by atoms with Crippen molar-refractivity contribution in [3.8, 4) is 5.69 Å². The standard InChI is InChI=1S/C18H24N6O/c1-22-10-2-4-16(22)17-5-3-11-23(17)18(25)12-14-6-8-15(9-7-14)24-13-19-20-21-24/h6-9,13,16-17H,2-5,10-12H2,1H3. The molecule has 2 fully saturated rings. The molecule has 2 saturated heterocycles. The smallest absolute Gasteiger partial charge is 0.227 e. The molecule has 2 aliphatic heterocycles. The molecule has 7 nitrogen and oxygen atoms in total. The molecule has 0 radical (unpaired) electrons. The Kier molecular flexibility index (Phi) is 4.48. The Hall–Kier alpha value is -2.28. The first-order valence-electron chi connectivity index (χ1n) is 9.04. The highest BCUT2D eigenvalue weighted by Gasteiger charge is 2.38. The van der Waals surface area contributed by atoms with Gasteiger partial charge in [0.2, 0.25) is 5.91 Å². The summed E-state index contributed by atoms with van der Waals surface area (Å²) >= 11 is 0. The summed E-state index contributed by atoms with van der Waals surface area (Å²) in [4.78, 5) is 17.4. The number of likely N-dealkylation sites (N-methyl/N-ethyl adjacent to an activating group) is 1. The second kappa shape index (κ2) is 6.92. The van der Waals surface area contributed by atoms with Crippen LogP contribution in [0.4, 0.5) is 0 Å². The number of carbonyl (C=O) groups is 1. The van der Waals surface area contributed by atoms with Crippen molar-refractivity contribution in [2.24, 2.45) is 0 Å². The molecule has 2 aliphatic rings. The number of amides is 1. The second-order valence-electron chi connectivity index (χ2n) is 7.08. The zero-order chi connectivity index (χ0) is 17.2. The van der Waals surface area contributed by atoms with Crippen LogP contribution in [-0.4, -0.2) is 68.1 Å². The molecule has 7 heteroatoms. The molecule has 1 aromatic carbocycles. The molecule has 1 aromatic heterocycles. The van der Waals surface area contributed by atoms with Crippen molar-refractivity contribution in [3.05, 3.63) is 36.2 Å². The van der Waals surface area contributed by atoms with Gasteiger partial charge in [-0.3, -0.25) is 4.79 Å². The van der Waals surface area contributed by atoms with Crippen molar-refractivity contribution in [1.29, 1.82) is 0 Å². The minimum Gasteiger partial charge on any atom is -0.338 e. The van der Waals surface area contributed by atoms with Gasteiger partial charge in [0, 0.05) is 18.6 Å². The van der Waals surface area contributed by atoms with E-state index in [1.54, 1.807) is 11.0 Å². The molecule has 0 saturated carbocycles. The van der Waals surface area contributed by atoms with Crippen LogP contribution in [0.3, 0.4) is 0 Å². The van der Waals surface area contributed by atoms with Crippen LogP contribution in [0, 0.1) is 0 Å². The number of aromatic nitrogens is 4. The average molecular weight is 340 g/mol. The van der Waals surface area contributed by atoms with Gasteiger partial charge in [0.25, 0.3) is 0 Å². The fourth-order valence-electron chi connectivity index (χ4n) is 4.25. The lowest BCUT2D eigenvalue weighted by Gasteiger charge is -2.33. The molecule has 1 amide bonds. The molecule has 0 spiro atoms. The molecular weight excluding hydrogens is 316 g/mol. The largest absolute Gasteiger partial charge is 0.338 e. The normalized spacial score (nSPS) is 24.1. The van der Waals surface area contributed by atoms with Crippen LogP contribution in [0.1, 0.15) is 31.2 Å². The number of rotatable bonds is 4. The second-order valence-corrected chi connectivity index (χ2v) is 7.08. The van der Waals surface area contributed by atoms with Gasteiger partial charge in [-0.05, 0) is 67.4 Å². The Morgan fingerprint density at radius 2 is 1.88 bits per heavy atom. The van der Waals surface area contributed by atoms with E-state index in [2.05, 4.69) is 32.4 Å². The zero-order valence-electron chi connectivity index (χ0n) is 14.6. The van der Waals surface area contributed by atoms with Crippen LogP contribution in [0.25, 0.3) is 5.69 Å². The highest BCUT2D eigenvalue weighted by Crippen LogP contribution is 2.29. The van der Waals surface area contributed by atoms with Gasteiger partial charge in [0.1, 0.15) is 6.33 Å². The van der Waals surface area contributed by atoms with Crippen LogP contribution in [0.2, 0.25) is 0 Å². The van der Waals surface area contributed by atoms with Crippen LogP contribution in [-0.2, 0) is 11.2 Å². The molecule has 25 heavy (non-hydrogen) atoms. The number of hydrogen-bond acceptors (Lipinski definition) is 5. The molecule has 2 unspecified atom stereocenters. The van der Waals surface area contributed by atoms with E-state index in [-0.39, 0.29) is 5.91 Å². The minimum atomic E-state index is 0.248. The zero-order valence-corrected chi connectivity index (χ0v) is 14.6. The maximum atomic E-state index is 12.9. The average Bonchev–Trinajstić information content (AvgIpc) is 3.36. The molecule has 0 N–H and O–H groups in total. The van der Waals surface area contributed by atoms with Crippen LogP contribution in [0.5, 0.6) is 0 Å². The SMILES string of the molecule is CN1CCCC1C1CCCN1C(=O)Cc1ccc(-n2cnnn2)cc1. The van der Waals surface area contributed by atoms with Crippen molar-refractivity contribution in [2.75, 3.05) is 20.1 Å². The number of hydrogen-bond donors (Lipinski definition) is 0. The number of carbonyl (C=O) groups excluding carboxylic acids is 1. The number of tetrazole rings is 1. The fourth-order valence-corrected chi connectivity index (χ4v) is 4.25. The predicted octanol–water partition coefficient (Wildman–Crippen LogP) is 1.29. The van der Waals surface area contributed by atoms with Crippen LogP contribution >= 0.6 is 0 Å². The Morgan fingerprint density at radius 3 is 2.56 bits per heavy atom. The van der Waals surface area contributed by atoms with Gasteiger partial charge in [-0.1, -0.05) is 12.1 Å². The highest BCUT2D eigenvalue weighted by molar-refractivity contribution is 5.79. The van der Waals surface area contributed by atoms with E-state index in [0.29, 0.717) is 18.5 Å². The molecule has 2 aromatic rings.